The lowest BCUT2D eigenvalue weighted by molar-refractivity contribution is -0.123. The smallest absolute Gasteiger partial charge is 0.329 e. The van der Waals surface area contributed by atoms with Crippen LogP contribution in [-0.4, -0.2) is 16.8 Å². The Hall–Kier alpha value is -2.92. The van der Waals surface area contributed by atoms with Crippen LogP contribution in [0, 0.1) is 14.1 Å². The molecule has 5 nitrogen and oxygen atoms in total. The standard InChI is InChI=1S/C29H22I2N2O3/c1-18-6-8-19(9-7-18)16-33-28(34)26(32-29(33)35)15-21-13-24(30)27(25(31)14-21)36-17-20-10-11-22-4-2-3-5-23(22)12-20/h2-15H,16-17H2,1H3,(H,32,35)/b26-15+. The molecule has 0 spiro atoms. The fraction of sp³-hybridized carbons (Fsp3) is 0.103. The van der Waals surface area contributed by atoms with E-state index in [4.69, 9.17) is 4.74 Å². The summed E-state index contributed by atoms with van der Waals surface area (Å²) >= 11 is 4.49. The number of halogens is 2. The zero-order chi connectivity index (χ0) is 25.2. The number of fused-ring (bicyclic) bond motifs is 1. The third-order valence-corrected chi connectivity index (χ3v) is 7.55. The highest BCUT2D eigenvalue weighted by Gasteiger charge is 2.33. The average Bonchev–Trinajstić information content (AvgIpc) is 3.12. The first-order valence-corrected chi connectivity index (χ1v) is 13.5. The molecular weight excluding hydrogens is 678 g/mol. The molecule has 3 amide bonds. The van der Waals surface area contributed by atoms with Gasteiger partial charge in [0.25, 0.3) is 5.91 Å². The van der Waals surface area contributed by atoms with Gasteiger partial charge in [-0.15, -0.1) is 0 Å². The number of nitrogens with one attached hydrogen (secondary N) is 1. The largest absolute Gasteiger partial charge is 0.487 e. The maximum Gasteiger partial charge on any atom is 0.329 e. The van der Waals surface area contributed by atoms with Gasteiger partial charge in [0.2, 0.25) is 0 Å². The molecule has 0 saturated carbocycles. The first-order chi connectivity index (χ1) is 17.4. The molecule has 1 aliphatic rings. The first-order valence-electron chi connectivity index (χ1n) is 11.4. The fourth-order valence-corrected chi connectivity index (χ4v) is 6.17. The summed E-state index contributed by atoms with van der Waals surface area (Å²) in [7, 11) is 0. The number of carbonyl (C=O) groups excluding carboxylic acids is 2. The van der Waals surface area contributed by atoms with Crippen molar-refractivity contribution in [1.29, 1.82) is 0 Å². The number of ether oxygens (including phenoxy) is 1. The van der Waals surface area contributed by atoms with E-state index in [-0.39, 0.29) is 18.1 Å². The number of hydrogen-bond donors (Lipinski definition) is 1. The van der Waals surface area contributed by atoms with Crippen molar-refractivity contribution in [1.82, 2.24) is 10.2 Å². The first kappa shape index (κ1) is 24.8. The van der Waals surface area contributed by atoms with Crippen molar-refractivity contribution in [3.8, 4) is 5.75 Å². The number of imide groups is 1. The summed E-state index contributed by atoms with van der Waals surface area (Å²) in [6.07, 6.45) is 1.72. The summed E-state index contributed by atoms with van der Waals surface area (Å²) in [4.78, 5) is 26.6. The lowest BCUT2D eigenvalue weighted by Gasteiger charge is -2.12. The minimum Gasteiger partial charge on any atom is -0.487 e. The molecule has 4 aromatic carbocycles. The van der Waals surface area contributed by atoms with E-state index in [1.165, 1.54) is 15.7 Å². The van der Waals surface area contributed by atoms with Crippen LogP contribution in [0.3, 0.4) is 0 Å². The number of carbonyl (C=O) groups is 2. The zero-order valence-electron chi connectivity index (χ0n) is 19.4. The molecule has 36 heavy (non-hydrogen) atoms. The zero-order valence-corrected chi connectivity index (χ0v) is 23.7. The van der Waals surface area contributed by atoms with Crippen molar-refractivity contribution in [2.75, 3.05) is 0 Å². The van der Waals surface area contributed by atoms with Gasteiger partial charge in [-0.1, -0.05) is 66.2 Å². The number of amides is 3. The minimum absolute atomic E-state index is 0.235. The molecule has 7 heteroatoms. The molecule has 0 aromatic heterocycles. The molecule has 5 rings (SSSR count). The molecule has 1 heterocycles. The van der Waals surface area contributed by atoms with Gasteiger partial charge in [-0.3, -0.25) is 9.69 Å². The van der Waals surface area contributed by atoms with E-state index < -0.39 is 6.03 Å². The average molecular weight is 700 g/mol. The topological polar surface area (TPSA) is 58.6 Å². The van der Waals surface area contributed by atoms with Gasteiger partial charge in [-0.05, 0) is 104 Å². The molecule has 0 unspecified atom stereocenters. The second kappa shape index (κ2) is 10.6. The van der Waals surface area contributed by atoms with E-state index >= 15 is 0 Å². The number of rotatable bonds is 6. The van der Waals surface area contributed by atoms with Crippen molar-refractivity contribution < 1.29 is 14.3 Å². The van der Waals surface area contributed by atoms with E-state index in [9.17, 15) is 9.59 Å². The molecule has 4 aromatic rings. The van der Waals surface area contributed by atoms with Crippen LogP contribution in [0.15, 0.2) is 84.6 Å². The number of hydrogen-bond acceptors (Lipinski definition) is 3. The van der Waals surface area contributed by atoms with E-state index in [1.807, 2.05) is 55.5 Å². The third kappa shape index (κ3) is 5.41. The van der Waals surface area contributed by atoms with Crippen molar-refractivity contribution in [3.63, 3.8) is 0 Å². The van der Waals surface area contributed by atoms with Crippen LogP contribution in [0.4, 0.5) is 4.79 Å². The molecule has 0 bridgehead atoms. The maximum absolute atomic E-state index is 12.9. The summed E-state index contributed by atoms with van der Waals surface area (Å²) in [5.41, 5.74) is 4.22. The monoisotopic (exact) mass is 700 g/mol. The summed E-state index contributed by atoms with van der Waals surface area (Å²) in [6.45, 7) is 2.69. The van der Waals surface area contributed by atoms with E-state index in [1.54, 1.807) is 6.08 Å². The number of nitrogens with zero attached hydrogens (tertiary/aromatic N) is 1. The molecule has 0 aliphatic carbocycles. The van der Waals surface area contributed by atoms with E-state index in [0.717, 1.165) is 35.1 Å². The Morgan fingerprint density at radius 2 is 1.53 bits per heavy atom. The molecule has 0 radical (unpaired) electrons. The predicted octanol–water partition coefficient (Wildman–Crippen LogP) is 7.03. The Balaban J connectivity index is 1.31. The molecule has 0 atom stereocenters. The van der Waals surface area contributed by atoms with Gasteiger partial charge in [-0.2, -0.15) is 0 Å². The van der Waals surface area contributed by atoms with Gasteiger partial charge >= 0.3 is 6.03 Å². The minimum atomic E-state index is -0.411. The van der Waals surface area contributed by atoms with Crippen molar-refractivity contribution in [2.45, 2.75) is 20.1 Å². The molecule has 1 saturated heterocycles. The third-order valence-electron chi connectivity index (χ3n) is 5.95. The quantitative estimate of drug-likeness (QED) is 0.134. The fourth-order valence-electron chi connectivity index (χ4n) is 4.04. The Morgan fingerprint density at radius 1 is 0.861 bits per heavy atom. The predicted molar refractivity (Wildman–Crippen MR) is 158 cm³/mol. The van der Waals surface area contributed by atoms with Crippen molar-refractivity contribution in [2.24, 2.45) is 0 Å². The van der Waals surface area contributed by atoms with Gasteiger partial charge in [0.1, 0.15) is 18.1 Å². The summed E-state index contributed by atoms with van der Waals surface area (Å²) in [5, 5.41) is 5.10. The Bertz CT molecular complexity index is 1490. The summed E-state index contributed by atoms with van der Waals surface area (Å²) < 4.78 is 8.04. The van der Waals surface area contributed by atoms with Gasteiger partial charge in [-0.25, -0.2) is 4.79 Å². The SMILES string of the molecule is Cc1ccc(CN2C(=O)N/C(=C/c3cc(I)c(OCc4ccc5ccccc5c4)c(I)c3)C2=O)cc1. The van der Waals surface area contributed by atoms with Crippen LogP contribution in [-0.2, 0) is 17.9 Å². The molecule has 1 N–H and O–H groups in total. The number of aryl methyl sites for hydroxylation is 1. The van der Waals surface area contributed by atoms with E-state index in [0.29, 0.717) is 6.61 Å². The second-order valence-corrected chi connectivity index (χ2v) is 11.0. The highest BCUT2D eigenvalue weighted by molar-refractivity contribution is 14.1. The molecular formula is C29H22I2N2O3. The molecule has 1 fully saturated rings. The van der Waals surface area contributed by atoms with Crippen molar-refractivity contribution >= 4 is 74.0 Å². The van der Waals surface area contributed by atoms with Gasteiger partial charge in [0, 0.05) is 0 Å². The van der Waals surface area contributed by atoms with Crippen LogP contribution < -0.4 is 10.1 Å². The van der Waals surface area contributed by atoms with Crippen LogP contribution >= 0.6 is 45.2 Å². The summed E-state index contributed by atoms with van der Waals surface area (Å²) in [5.74, 6) is 0.469. The van der Waals surface area contributed by atoms with Crippen molar-refractivity contribution in [3.05, 3.63) is 114 Å². The highest BCUT2D eigenvalue weighted by atomic mass is 127. The van der Waals surface area contributed by atoms with Crippen LogP contribution in [0.1, 0.15) is 22.3 Å². The lowest BCUT2D eigenvalue weighted by Crippen LogP contribution is -2.30. The maximum atomic E-state index is 12.9. The number of urea groups is 1. The Morgan fingerprint density at radius 3 is 2.25 bits per heavy atom. The highest BCUT2D eigenvalue weighted by Crippen LogP contribution is 2.31. The second-order valence-electron chi connectivity index (χ2n) is 8.65. The van der Waals surface area contributed by atoms with Gasteiger partial charge < -0.3 is 10.1 Å². The Labute approximate surface area is 236 Å². The Kier molecular flexibility index (Phi) is 7.29. The van der Waals surface area contributed by atoms with Crippen LogP contribution in [0.2, 0.25) is 0 Å². The van der Waals surface area contributed by atoms with Crippen LogP contribution in [0.5, 0.6) is 5.75 Å². The van der Waals surface area contributed by atoms with Gasteiger partial charge in [0.15, 0.2) is 0 Å². The van der Waals surface area contributed by atoms with E-state index in [2.05, 4.69) is 80.8 Å². The van der Waals surface area contributed by atoms with Crippen LogP contribution in [0.25, 0.3) is 16.8 Å². The normalized spacial score (nSPS) is 14.5. The number of benzene rings is 4. The molecule has 180 valence electrons. The van der Waals surface area contributed by atoms with Gasteiger partial charge in [0.05, 0.1) is 13.7 Å². The summed E-state index contributed by atoms with van der Waals surface area (Å²) in [6, 6.07) is 25.9. The molecule has 1 aliphatic heterocycles. The lowest BCUT2D eigenvalue weighted by atomic mass is 10.1.